The Morgan fingerprint density at radius 1 is 0.950 bits per heavy atom. The Balaban J connectivity index is 2.04. The number of nitrogens with one attached hydrogen (secondary N) is 1. The number of aryl methyl sites for hydroxylation is 1. The summed E-state index contributed by atoms with van der Waals surface area (Å²) in [5.41, 5.74) is 2.19. The van der Waals surface area contributed by atoms with E-state index in [0.29, 0.717) is 24.4 Å². The van der Waals surface area contributed by atoms with E-state index in [1.165, 1.54) is 24.1 Å². The van der Waals surface area contributed by atoms with Crippen molar-refractivity contribution in [1.82, 2.24) is 10.2 Å². The zero-order chi connectivity index (χ0) is 29.3. The van der Waals surface area contributed by atoms with E-state index in [1.807, 2.05) is 52.0 Å². The minimum absolute atomic E-state index is 0.0607. The van der Waals surface area contributed by atoms with Crippen LogP contribution in [0.5, 0.6) is 5.75 Å². The first kappa shape index (κ1) is 30.7. The predicted molar refractivity (Wildman–Crippen MR) is 158 cm³/mol. The van der Waals surface area contributed by atoms with E-state index in [2.05, 4.69) is 5.32 Å². The molecule has 2 amide bonds. The van der Waals surface area contributed by atoms with Crippen LogP contribution in [0.3, 0.4) is 0 Å². The van der Waals surface area contributed by atoms with Gasteiger partial charge in [0.1, 0.15) is 18.3 Å². The monoisotopic (exact) mass is 565 g/mol. The third-order valence-electron chi connectivity index (χ3n) is 6.48. The fourth-order valence-electron chi connectivity index (χ4n) is 4.35. The van der Waals surface area contributed by atoms with Gasteiger partial charge in [-0.1, -0.05) is 68.8 Å². The molecule has 9 heteroatoms. The van der Waals surface area contributed by atoms with Gasteiger partial charge in [0.15, 0.2) is 0 Å². The molecule has 3 rings (SSSR count). The van der Waals surface area contributed by atoms with E-state index in [-0.39, 0.29) is 23.3 Å². The van der Waals surface area contributed by atoms with Crippen LogP contribution in [0.1, 0.15) is 38.3 Å². The summed E-state index contributed by atoms with van der Waals surface area (Å²) in [7, 11) is -2.59. The first-order valence-electron chi connectivity index (χ1n) is 13.4. The van der Waals surface area contributed by atoms with Gasteiger partial charge >= 0.3 is 0 Å². The molecule has 0 bridgehead atoms. The molecule has 0 aliphatic heterocycles. The molecular weight excluding hydrogens is 526 g/mol. The SMILES string of the molecule is CC[C@H](C(=O)NCC(C)C)N(Cc1cccc(C)c1)C(=O)CN(c1ccc(OC)cc1)S(=O)(=O)c1ccccc1. The quantitative estimate of drug-likeness (QED) is 0.322. The van der Waals surface area contributed by atoms with E-state index in [0.717, 1.165) is 15.4 Å². The molecule has 8 nitrogen and oxygen atoms in total. The average molecular weight is 566 g/mol. The number of rotatable bonds is 13. The summed E-state index contributed by atoms with van der Waals surface area (Å²) in [6.07, 6.45) is 0.370. The normalized spacial score (nSPS) is 12.1. The summed E-state index contributed by atoms with van der Waals surface area (Å²) in [6.45, 7) is 7.95. The molecule has 0 saturated carbocycles. The van der Waals surface area contributed by atoms with E-state index in [9.17, 15) is 18.0 Å². The molecule has 0 unspecified atom stereocenters. The molecule has 0 saturated heterocycles. The lowest BCUT2D eigenvalue weighted by Crippen LogP contribution is -2.52. The summed E-state index contributed by atoms with van der Waals surface area (Å²) in [5.74, 6) is 0.0486. The van der Waals surface area contributed by atoms with E-state index < -0.39 is 28.5 Å². The molecule has 1 N–H and O–H groups in total. The van der Waals surface area contributed by atoms with Gasteiger partial charge in [-0.2, -0.15) is 0 Å². The van der Waals surface area contributed by atoms with Crippen LogP contribution in [0.4, 0.5) is 5.69 Å². The molecule has 3 aromatic rings. The average Bonchev–Trinajstić information content (AvgIpc) is 2.95. The Morgan fingerprint density at radius 2 is 1.62 bits per heavy atom. The van der Waals surface area contributed by atoms with E-state index in [1.54, 1.807) is 42.5 Å². The predicted octanol–water partition coefficient (Wildman–Crippen LogP) is 4.78. The molecular formula is C31H39N3O5S. The largest absolute Gasteiger partial charge is 0.497 e. The van der Waals surface area contributed by atoms with Gasteiger partial charge in [-0.05, 0) is 61.2 Å². The molecule has 0 aliphatic carbocycles. The van der Waals surface area contributed by atoms with Crippen molar-refractivity contribution in [3.05, 3.63) is 90.0 Å². The van der Waals surface area contributed by atoms with Gasteiger partial charge in [-0.15, -0.1) is 0 Å². The summed E-state index contributed by atoms with van der Waals surface area (Å²) < 4.78 is 34.0. The minimum atomic E-state index is -4.11. The number of hydrogen-bond donors (Lipinski definition) is 1. The number of ether oxygens (including phenoxy) is 1. The van der Waals surface area contributed by atoms with Crippen molar-refractivity contribution in [2.24, 2.45) is 5.92 Å². The maximum absolute atomic E-state index is 14.1. The molecule has 0 heterocycles. The summed E-state index contributed by atoms with van der Waals surface area (Å²) >= 11 is 0. The van der Waals surface area contributed by atoms with Crippen molar-refractivity contribution in [3.8, 4) is 5.75 Å². The van der Waals surface area contributed by atoms with Gasteiger partial charge in [-0.25, -0.2) is 8.42 Å². The first-order valence-corrected chi connectivity index (χ1v) is 14.8. The Kier molecular flexibility index (Phi) is 10.7. The lowest BCUT2D eigenvalue weighted by atomic mass is 10.1. The number of benzene rings is 3. The van der Waals surface area contributed by atoms with Gasteiger partial charge in [0.2, 0.25) is 11.8 Å². The maximum Gasteiger partial charge on any atom is 0.264 e. The molecule has 3 aromatic carbocycles. The highest BCUT2D eigenvalue weighted by Gasteiger charge is 2.33. The lowest BCUT2D eigenvalue weighted by molar-refractivity contribution is -0.140. The fourth-order valence-corrected chi connectivity index (χ4v) is 5.78. The van der Waals surface area contributed by atoms with Crippen molar-refractivity contribution in [2.45, 2.75) is 51.6 Å². The van der Waals surface area contributed by atoms with Gasteiger partial charge in [0.05, 0.1) is 17.7 Å². The molecule has 0 aromatic heterocycles. The lowest BCUT2D eigenvalue weighted by Gasteiger charge is -2.33. The van der Waals surface area contributed by atoms with Crippen LogP contribution >= 0.6 is 0 Å². The molecule has 1 atom stereocenters. The molecule has 40 heavy (non-hydrogen) atoms. The van der Waals surface area contributed by atoms with Crippen LogP contribution in [-0.2, 0) is 26.2 Å². The van der Waals surface area contributed by atoms with Crippen molar-refractivity contribution >= 4 is 27.5 Å². The van der Waals surface area contributed by atoms with E-state index in [4.69, 9.17) is 4.74 Å². The Labute approximate surface area is 238 Å². The van der Waals surface area contributed by atoms with Crippen molar-refractivity contribution in [1.29, 1.82) is 0 Å². The second-order valence-electron chi connectivity index (χ2n) is 10.1. The van der Waals surface area contributed by atoms with Gasteiger partial charge in [0.25, 0.3) is 10.0 Å². The molecule has 214 valence electrons. The van der Waals surface area contributed by atoms with Crippen LogP contribution in [0, 0.1) is 12.8 Å². The molecule has 0 spiro atoms. The zero-order valence-electron chi connectivity index (χ0n) is 23.8. The number of amides is 2. The van der Waals surface area contributed by atoms with Crippen molar-refractivity contribution in [3.63, 3.8) is 0 Å². The Morgan fingerprint density at radius 3 is 2.20 bits per heavy atom. The summed E-state index contributed by atoms with van der Waals surface area (Å²) in [5, 5.41) is 2.94. The molecule has 0 fully saturated rings. The second kappa shape index (κ2) is 14.0. The van der Waals surface area contributed by atoms with Crippen LogP contribution in [-0.4, -0.2) is 51.4 Å². The first-order chi connectivity index (χ1) is 19.1. The number of nitrogens with zero attached hydrogens (tertiary/aromatic N) is 2. The highest BCUT2D eigenvalue weighted by molar-refractivity contribution is 7.92. The highest BCUT2D eigenvalue weighted by Crippen LogP contribution is 2.26. The Bertz CT molecular complexity index is 1380. The van der Waals surface area contributed by atoms with Crippen LogP contribution in [0.25, 0.3) is 0 Å². The number of hydrogen-bond acceptors (Lipinski definition) is 5. The Hall–Kier alpha value is -3.85. The fraction of sp³-hybridized carbons (Fsp3) is 0.355. The van der Waals surface area contributed by atoms with Crippen molar-refractivity contribution in [2.75, 3.05) is 24.5 Å². The summed E-state index contributed by atoms with van der Waals surface area (Å²) in [6, 6.07) is 21.4. The topological polar surface area (TPSA) is 96.0 Å². The smallest absolute Gasteiger partial charge is 0.264 e. The van der Waals surface area contributed by atoms with Crippen LogP contribution < -0.4 is 14.4 Å². The van der Waals surface area contributed by atoms with Gasteiger partial charge < -0.3 is 15.0 Å². The number of sulfonamides is 1. The molecule has 0 aliphatic rings. The van der Waals surface area contributed by atoms with E-state index >= 15 is 0 Å². The standard InChI is InChI=1S/C31H39N3O5S/c1-6-29(31(36)32-20-23(2)3)33(21-25-12-10-11-24(4)19-25)30(35)22-34(26-15-17-27(39-5)18-16-26)40(37,38)28-13-8-7-9-14-28/h7-19,23,29H,6,20-22H2,1-5H3,(H,32,36)/t29-/m1/s1. The van der Waals surface area contributed by atoms with Crippen LogP contribution in [0.15, 0.2) is 83.8 Å². The van der Waals surface area contributed by atoms with Crippen molar-refractivity contribution < 1.29 is 22.7 Å². The molecule has 0 radical (unpaired) electrons. The van der Waals surface area contributed by atoms with Gasteiger partial charge in [-0.3, -0.25) is 13.9 Å². The number of carbonyl (C=O) groups excluding carboxylic acids is 2. The second-order valence-corrected chi connectivity index (χ2v) is 12.0. The van der Waals surface area contributed by atoms with Crippen LogP contribution in [0.2, 0.25) is 0 Å². The number of methoxy groups -OCH3 is 1. The van der Waals surface area contributed by atoms with Gasteiger partial charge in [0, 0.05) is 13.1 Å². The minimum Gasteiger partial charge on any atom is -0.497 e. The highest BCUT2D eigenvalue weighted by atomic mass is 32.2. The third kappa shape index (κ3) is 7.85. The number of anilines is 1. The summed E-state index contributed by atoms with van der Waals surface area (Å²) in [4.78, 5) is 28.9. The maximum atomic E-state index is 14.1. The zero-order valence-corrected chi connectivity index (χ0v) is 24.6. The number of carbonyl (C=O) groups is 2. The third-order valence-corrected chi connectivity index (χ3v) is 8.26.